The average Bonchev–Trinajstić information content (AvgIpc) is 2.89. The molecule has 1 heterocycles. The van der Waals surface area contributed by atoms with Crippen LogP contribution in [0.5, 0.6) is 23.0 Å². The molecule has 0 radical (unpaired) electrons. The van der Waals surface area contributed by atoms with Gasteiger partial charge in [-0.1, -0.05) is 0 Å². The predicted octanol–water partition coefficient (Wildman–Crippen LogP) is 1.38. The van der Waals surface area contributed by atoms with Gasteiger partial charge in [0.25, 0.3) is 0 Å². The van der Waals surface area contributed by atoms with Crippen LogP contribution in [-0.2, 0) is 26.2 Å². The molecule has 198 valence electrons. The van der Waals surface area contributed by atoms with E-state index in [2.05, 4.69) is 4.90 Å². The Morgan fingerprint density at radius 3 is 1.72 bits per heavy atom. The molecular formula is C23H30N2O10S. The number of aliphatic carboxylic acids is 2. The average molecular weight is 527 g/mol. The van der Waals surface area contributed by atoms with Crippen molar-refractivity contribution in [2.24, 2.45) is 0 Å². The Bertz CT molecular complexity index is 1130. The molecule has 1 saturated heterocycles. The van der Waals surface area contributed by atoms with Crippen molar-refractivity contribution in [3.8, 4) is 23.0 Å². The number of benzene rings is 2. The molecule has 2 aromatic carbocycles. The Balaban J connectivity index is 0.000000678. The number of sulfonamides is 1. The van der Waals surface area contributed by atoms with E-state index < -0.39 is 22.0 Å². The van der Waals surface area contributed by atoms with Crippen molar-refractivity contribution in [2.45, 2.75) is 11.4 Å². The Morgan fingerprint density at radius 1 is 0.778 bits per heavy atom. The van der Waals surface area contributed by atoms with E-state index >= 15 is 0 Å². The van der Waals surface area contributed by atoms with Gasteiger partial charge in [-0.05, 0) is 30.3 Å². The topological polar surface area (TPSA) is 152 Å². The van der Waals surface area contributed by atoms with Gasteiger partial charge in [-0.25, -0.2) is 18.0 Å². The summed E-state index contributed by atoms with van der Waals surface area (Å²) in [6, 6.07) is 10.2. The first-order valence-electron chi connectivity index (χ1n) is 10.7. The second-order valence-electron chi connectivity index (χ2n) is 7.49. The second kappa shape index (κ2) is 13.0. The van der Waals surface area contributed by atoms with Gasteiger partial charge in [-0.2, -0.15) is 4.31 Å². The fraction of sp³-hybridized carbons (Fsp3) is 0.391. The van der Waals surface area contributed by atoms with Crippen LogP contribution >= 0.6 is 0 Å². The van der Waals surface area contributed by atoms with Crippen molar-refractivity contribution in [3.05, 3.63) is 42.0 Å². The monoisotopic (exact) mass is 526 g/mol. The summed E-state index contributed by atoms with van der Waals surface area (Å²) in [6.07, 6.45) is 0. The smallest absolute Gasteiger partial charge is 0.414 e. The van der Waals surface area contributed by atoms with E-state index in [-0.39, 0.29) is 4.90 Å². The molecule has 13 heteroatoms. The molecule has 12 nitrogen and oxygen atoms in total. The molecule has 0 spiro atoms. The summed E-state index contributed by atoms with van der Waals surface area (Å²) in [7, 11) is 2.82. The Morgan fingerprint density at radius 2 is 1.28 bits per heavy atom. The fourth-order valence-corrected chi connectivity index (χ4v) is 4.90. The Kier molecular flexibility index (Phi) is 10.3. The molecule has 0 bridgehead atoms. The Hall–Kier alpha value is -3.55. The van der Waals surface area contributed by atoms with Crippen LogP contribution in [0, 0.1) is 0 Å². The largest absolute Gasteiger partial charge is 0.497 e. The first kappa shape index (κ1) is 28.7. The van der Waals surface area contributed by atoms with Crippen molar-refractivity contribution < 1.29 is 47.2 Å². The van der Waals surface area contributed by atoms with E-state index in [1.165, 1.54) is 4.31 Å². The third-order valence-corrected chi connectivity index (χ3v) is 7.30. The van der Waals surface area contributed by atoms with Gasteiger partial charge in [0, 0.05) is 44.4 Å². The standard InChI is InChI=1S/C21H28N2O6S.C2H2O4/c1-26-17-5-7-18(8-6-17)30(24,25)23-11-9-22(10-12-23)15-16-13-20(28-3)21(29-4)14-19(16)27-2;3-1(4)2(5)6/h5-8,13-14H,9-12,15H2,1-4H3;(H,3,4)(H,5,6). The minimum absolute atomic E-state index is 0.276. The zero-order chi connectivity index (χ0) is 26.9. The number of hydrogen-bond acceptors (Lipinski definition) is 9. The zero-order valence-electron chi connectivity index (χ0n) is 20.5. The third kappa shape index (κ3) is 7.23. The summed E-state index contributed by atoms with van der Waals surface area (Å²) < 4.78 is 48.7. The van der Waals surface area contributed by atoms with Gasteiger partial charge in [0.05, 0.1) is 33.3 Å². The second-order valence-corrected chi connectivity index (χ2v) is 9.42. The van der Waals surface area contributed by atoms with Gasteiger partial charge >= 0.3 is 11.9 Å². The lowest BCUT2D eigenvalue weighted by atomic mass is 10.1. The Labute approximate surface area is 209 Å². The highest BCUT2D eigenvalue weighted by Crippen LogP contribution is 2.35. The summed E-state index contributed by atoms with van der Waals surface area (Å²) in [5.74, 6) is -1.07. The molecule has 1 aliphatic heterocycles. The highest BCUT2D eigenvalue weighted by atomic mass is 32.2. The normalized spacial score (nSPS) is 14.2. The van der Waals surface area contributed by atoms with Gasteiger partial charge in [0.2, 0.25) is 10.0 Å². The molecule has 36 heavy (non-hydrogen) atoms. The third-order valence-electron chi connectivity index (χ3n) is 5.39. The van der Waals surface area contributed by atoms with Crippen LogP contribution in [0.15, 0.2) is 41.3 Å². The van der Waals surface area contributed by atoms with Crippen LogP contribution in [0.2, 0.25) is 0 Å². The number of piperazine rings is 1. The van der Waals surface area contributed by atoms with Crippen molar-refractivity contribution in [1.82, 2.24) is 9.21 Å². The van der Waals surface area contributed by atoms with Gasteiger partial charge < -0.3 is 29.2 Å². The van der Waals surface area contributed by atoms with Crippen LogP contribution in [0.3, 0.4) is 0 Å². The van der Waals surface area contributed by atoms with Crippen LogP contribution in [-0.4, -0.2) is 94.4 Å². The van der Waals surface area contributed by atoms with E-state index in [0.29, 0.717) is 55.7 Å². The molecule has 0 unspecified atom stereocenters. The molecule has 0 atom stereocenters. The van der Waals surface area contributed by atoms with Crippen molar-refractivity contribution in [2.75, 3.05) is 54.6 Å². The van der Waals surface area contributed by atoms with E-state index in [9.17, 15) is 8.42 Å². The number of carbonyl (C=O) groups is 2. The molecule has 2 aromatic rings. The van der Waals surface area contributed by atoms with Crippen LogP contribution < -0.4 is 18.9 Å². The summed E-state index contributed by atoms with van der Waals surface area (Å²) in [6.45, 7) is 2.70. The highest BCUT2D eigenvalue weighted by Gasteiger charge is 2.29. The number of carboxylic acids is 2. The summed E-state index contributed by atoms with van der Waals surface area (Å²) in [5.41, 5.74) is 0.960. The lowest BCUT2D eigenvalue weighted by molar-refractivity contribution is -0.159. The highest BCUT2D eigenvalue weighted by molar-refractivity contribution is 7.89. The van der Waals surface area contributed by atoms with Gasteiger partial charge in [-0.3, -0.25) is 4.90 Å². The fourth-order valence-electron chi connectivity index (χ4n) is 3.48. The number of ether oxygens (including phenoxy) is 4. The maximum absolute atomic E-state index is 12.9. The molecule has 1 aliphatic rings. The molecule has 0 saturated carbocycles. The first-order chi connectivity index (χ1) is 17.1. The minimum Gasteiger partial charge on any atom is -0.497 e. The molecule has 2 N–H and O–H groups in total. The summed E-state index contributed by atoms with van der Waals surface area (Å²) in [5, 5.41) is 14.8. The molecular weight excluding hydrogens is 496 g/mol. The van der Waals surface area contributed by atoms with Crippen LogP contribution in [0.4, 0.5) is 0 Å². The number of nitrogens with zero attached hydrogens (tertiary/aromatic N) is 2. The lowest BCUT2D eigenvalue weighted by Crippen LogP contribution is -2.48. The maximum Gasteiger partial charge on any atom is 0.414 e. The molecule has 1 fully saturated rings. The van der Waals surface area contributed by atoms with Crippen molar-refractivity contribution in [1.29, 1.82) is 0 Å². The molecule has 0 amide bonds. The number of carboxylic acid groups (broad SMARTS) is 2. The summed E-state index contributed by atoms with van der Waals surface area (Å²) >= 11 is 0. The summed E-state index contributed by atoms with van der Waals surface area (Å²) in [4.78, 5) is 20.7. The zero-order valence-corrected chi connectivity index (χ0v) is 21.3. The number of methoxy groups -OCH3 is 4. The maximum atomic E-state index is 12.9. The van der Waals surface area contributed by atoms with Crippen LogP contribution in [0.25, 0.3) is 0 Å². The van der Waals surface area contributed by atoms with E-state index in [1.54, 1.807) is 58.8 Å². The van der Waals surface area contributed by atoms with Gasteiger partial charge in [0.1, 0.15) is 11.5 Å². The SMILES string of the molecule is COc1ccc(S(=O)(=O)N2CCN(Cc3cc(OC)c(OC)cc3OC)CC2)cc1.O=C(O)C(=O)O. The van der Waals surface area contributed by atoms with Gasteiger partial charge in [-0.15, -0.1) is 0 Å². The molecule has 3 rings (SSSR count). The number of hydrogen-bond donors (Lipinski definition) is 2. The van der Waals surface area contributed by atoms with E-state index in [1.807, 2.05) is 6.07 Å². The van der Waals surface area contributed by atoms with Crippen LogP contribution in [0.1, 0.15) is 5.56 Å². The minimum atomic E-state index is -3.53. The van der Waals surface area contributed by atoms with Gasteiger partial charge in [0.15, 0.2) is 11.5 Å². The molecule has 0 aromatic heterocycles. The predicted molar refractivity (Wildman–Crippen MR) is 128 cm³/mol. The van der Waals surface area contributed by atoms with E-state index in [4.69, 9.17) is 38.7 Å². The lowest BCUT2D eigenvalue weighted by Gasteiger charge is -2.34. The van der Waals surface area contributed by atoms with E-state index in [0.717, 1.165) is 5.56 Å². The first-order valence-corrected chi connectivity index (χ1v) is 12.1. The molecule has 0 aliphatic carbocycles. The van der Waals surface area contributed by atoms with Crippen molar-refractivity contribution in [3.63, 3.8) is 0 Å². The quantitative estimate of drug-likeness (QED) is 0.480. The number of rotatable bonds is 8. The van der Waals surface area contributed by atoms with Crippen molar-refractivity contribution >= 4 is 22.0 Å².